The van der Waals surface area contributed by atoms with E-state index in [0.29, 0.717) is 24.1 Å². The van der Waals surface area contributed by atoms with Gasteiger partial charge in [0.05, 0.1) is 12.7 Å². The van der Waals surface area contributed by atoms with Crippen molar-refractivity contribution in [3.8, 4) is 5.75 Å². The van der Waals surface area contributed by atoms with Crippen LogP contribution in [0.15, 0.2) is 42.7 Å². The molecular formula is C23H26N8O. The monoisotopic (exact) mass is 430 g/mol. The SMILES string of the molecule is Nc1cc(C2CCNC3CCC(C3)Oc3cccc(c3)Cn3cc2cn3)c2n[nH]nc2n1. The number of anilines is 1. The largest absolute Gasteiger partial charge is 0.490 e. The van der Waals surface area contributed by atoms with Gasteiger partial charge in [0.25, 0.3) is 0 Å². The Bertz CT molecular complexity index is 1250. The van der Waals surface area contributed by atoms with Crippen molar-refractivity contribution in [1.82, 2.24) is 35.5 Å². The minimum Gasteiger partial charge on any atom is -0.490 e. The normalized spacial score (nSPS) is 23.4. The molecule has 4 heterocycles. The maximum atomic E-state index is 6.29. The summed E-state index contributed by atoms with van der Waals surface area (Å²) in [4.78, 5) is 4.31. The lowest BCUT2D eigenvalue weighted by Crippen LogP contribution is -2.29. The number of fused-ring (bicyclic) bond motifs is 7. The lowest BCUT2D eigenvalue weighted by Gasteiger charge is -2.19. The molecule has 1 fully saturated rings. The van der Waals surface area contributed by atoms with Gasteiger partial charge in [0.2, 0.25) is 5.65 Å². The van der Waals surface area contributed by atoms with Crippen molar-refractivity contribution in [3.05, 3.63) is 59.4 Å². The summed E-state index contributed by atoms with van der Waals surface area (Å²) in [5.41, 5.74) is 10.8. The van der Waals surface area contributed by atoms with Gasteiger partial charge in [-0.05, 0) is 67.1 Å². The Labute approximate surface area is 185 Å². The third kappa shape index (κ3) is 3.69. The van der Waals surface area contributed by atoms with Crippen LogP contribution in [0, 0.1) is 0 Å². The lowest BCUT2D eigenvalue weighted by molar-refractivity contribution is 0.206. The average Bonchev–Trinajstić information content (AvgIpc) is 3.52. The number of nitrogens with zero attached hydrogens (tertiary/aromatic N) is 5. The standard InChI is InChI=1S/C23H26N8O/c24-21-10-20(22-23(27-21)29-30-28-22)19-6-7-25-16-4-5-18(9-16)32-17-3-1-2-14(8-17)12-31-13-15(19)11-26-31/h1-3,8,10-11,13,16,18-19,25H,4-7,9,12H2,(H3,24,27,28,29,30). The van der Waals surface area contributed by atoms with Gasteiger partial charge in [-0.1, -0.05) is 12.1 Å². The van der Waals surface area contributed by atoms with Crippen LogP contribution in [0.2, 0.25) is 0 Å². The number of aromatic amines is 1. The van der Waals surface area contributed by atoms with E-state index >= 15 is 0 Å². The van der Waals surface area contributed by atoms with Crippen molar-refractivity contribution in [2.24, 2.45) is 0 Å². The van der Waals surface area contributed by atoms with E-state index in [-0.39, 0.29) is 12.0 Å². The van der Waals surface area contributed by atoms with E-state index in [9.17, 15) is 0 Å². The second kappa shape index (κ2) is 7.90. The fraction of sp³-hybridized carbons (Fsp3) is 0.391. The highest BCUT2D eigenvalue weighted by Crippen LogP contribution is 2.33. The maximum absolute atomic E-state index is 6.29. The van der Waals surface area contributed by atoms with Crippen LogP contribution in [0.1, 0.15) is 48.3 Å². The Kier molecular flexibility index (Phi) is 4.75. The van der Waals surface area contributed by atoms with Crippen LogP contribution in [0.3, 0.4) is 0 Å². The molecule has 1 aliphatic heterocycles. The highest BCUT2D eigenvalue weighted by atomic mass is 16.5. The Hall–Kier alpha value is -3.46. The molecule has 3 atom stereocenters. The summed E-state index contributed by atoms with van der Waals surface area (Å²) in [5, 5.41) is 19.6. The molecule has 4 aromatic rings. The minimum absolute atomic E-state index is 0.0825. The number of pyridine rings is 1. The summed E-state index contributed by atoms with van der Waals surface area (Å²) >= 11 is 0. The van der Waals surface area contributed by atoms with E-state index in [1.165, 1.54) is 5.56 Å². The number of ether oxygens (including phenoxy) is 1. The van der Waals surface area contributed by atoms with E-state index in [4.69, 9.17) is 10.5 Å². The van der Waals surface area contributed by atoms with Crippen molar-refractivity contribution in [2.45, 2.75) is 50.3 Å². The predicted octanol–water partition coefficient (Wildman–Crippen LogP) is 2.61. The Morgan fingerprint density at radius 3 is 3.06 bits per heavy atom. The zero-order chi connectivity index (χ0) is 21.5. The molecule has 0 radical (unpaired) electrons. The molecule has 1 aromatic carbocycles. The first-order valence-electron chi connectivity index (χ1n) is 11.2. The Morgan fingerprint density at radius 1 is 1.12 bits per heavy atom. The van der Waals surface area contributed by atoms with Gasteiger partial charge in [-0.2, -0.15) is 15.4 Å². The molecule has 0 saturated heterocycles. The third-order valence-electron chi connectivity index (χ3n) is 6.57. The van der Waals surface area contributed by atoms with E-state index in [1.54, 1.807) is 0 Å². The topological polar surface area (TPSA) is 120 Å². The minimum atomic E-state index is 0.0825. The summed E-state index contributed by atoms with van der Waals surface area (Å²) in [6.07, 6.45) is 8.45. The van der Waals surface area contributed by atoms with Gasteiger partial charge in [0.15, 0.2) is 0 Å². The molecule has 2 aliphatic rings. The molecule has 6 rings (SSSR count). The summed E-state index contributed by atoms with van der Waals surface area (Å²) in [5.74, 6) is 1.47. The second-order valence-corrected chi connectivity index (χ2v) is 8.80. The number of rotatable bonds is 1. The highest BCUT2D eigenvalue weighted by molar-refractivity contribution is 5.77. The van der Waals surface area contributed by atoms with Gasteiger partial charge < -0.3 is 15.8 Å². The third-order valence-corrected chi connectivity index (χ3v) is 6.57. The number of aromatic nitrogens is 6. The number of nitrogens with two attached hydrogens (primary N) is 1. The Morgan fingerprint density at radius 2 is 2.09 bits per heavy atom. The molecule has 9 heteroatoms. The van der Waals surface area contributed by atoms with E-state index in [2.05, 4.69) is 55.2 Å². The zero-order valence-electron chi connectivity index (χ0n) is 17.7. The van der Waals surface area contributed by atoms with E-state index in [1.807, 2.05) is 23.0 Å². The molecule has 3 unspecified atom stereocenters. The summed E-state index contributed by atoms with van der Waals surface area (Å²) in [6.45, 7) is 1.57. The summed E-state index contributed by atoms with van der Waals surface area (Å²) in [7, 11) is 0. The number of nitrogen functional groups attached to an aromatic ring is 1. The van der Waals surface area contributed by atoms with Crippen molar-refractivity contribution in [2.75, 3.05) is 12.3 Å². The summed E-state index contributed by atoms with van der Waals surface area (Å²) < 4.78 is 8.27. The number of nitrogens with one attached hydrogen (secondary N) is 2. The molecule has 3 aromatic heterocycles. The van der Waals surface area contributed by atoms with Gasteiger partial charge in [-0.15, -0.1) is 5.10 Å². The zero-order valence-corrected chi connectivity index (χ0v) is 17.7. The second-order valence-electron chi connectivity index (χ2n) is 8.80. The lowest BCUT2D eigenvalue weighted by atomic mass is 9.90. The average molecular weight is 431 g/mol. The van der Waals surface area contributed by atoms with Gasteiger partial charge in [0.1, 0.15) is 23.2 Å². The number of H-pyrrole nitrogens is 1. The van der Waals surface area contributed by atoms with Crippen molar-refractivity contribution < 1.29 is 4.74 Å². The number of hydrogen-bond acceptors (Lipinski definition) is 7. The van der Waals surface area contributed by atoms with Crippen LogP contribution in [0.4, 0.5) is 5.82 Å². The van der Waals surface area contributed by atoms with Crippen LogP contribution in [0.5, 0.6) is 5.75 Å². The fourth-order valence-corrected chi connectivity index (χ4v) is 5.05. The molecule has 1 aliphatic carbocycles. The molecule has 9 nitrogen and oxygen atoms in total. The molecule has 164 valence electrons. The predicted molar refractivity (Wildman–Crippen MR) is 120 cm³/mol. The summed E-state index contributed by atoms with van der Waals surface area (Å²) in [6, 6.07) is 10.7. The van der Waals surface area contributed by atoms with Crippen LogP contribution >= 0.6 is 0 Å². The fourth-order valence-electron chi connectivity index (χ4n) is 5.05. The first-order valence-corrected chi connectivity index (χ1v) is 11.2. The Balaban J connectivity index is 1.40. The first kappa shape index (κ1) is 19.2. The van der Waals surface area contributed by atoms with Crippen LogP contribution in [-0.4, -0.2) is 48.9 Å². The molecule has 0 spiro atoms. The molecule has 0 amide bonds. The highest BCUT2D eigenvalue weighted by Gasteiger charge is 2.27. The molecular weight excluding hydrogens is 404 g/mol. The van der Waals surface area contributed by atoms with Crippen molar-refractivity contribution in [1.29, 1.82) is 0 Å². The molecule has 4 N–H and O–H groups in total. The number of benzene rings is 1. The number of hydrogen-bond donors (Lipinski definition) is 3. The van der Waals surface area contributed by atoms with Crippen LogP contribution in [0.25, 0.3) is 11.2 Å². The van der Waals surface area contributed by atoms with Gasteiger partial charge in [-0.3, -0.25) is 4.68 Å². The van der Waals surface area contributed by atoms with Gasteiger partial charge in [0, 0.05) is 18.2 Å². The maximum Gasteiger partial charge on any atom is 0.203 e. The van der Waals surface area contributed by atoms with Crippen molar-refractivity contribution in [3.63, 3.8) is 0 Å². The molecule has 32 heavy (non-hydrogen) atoms. The molecule has 6 bridgehead atoms. The smallest absolute Gasteiger partial charge is 0.203 e. The van der Waals surface area contributed by atoms with E-state index in [0.717, 1.165) is 54.6 Å². The van der Waals surface area contributed by atoms with Crippen molar-refractivity contribution >= 4 is 17.0 Å². The first-order chi connectivity index (χ1) is 15.7. The van der Waals surface area contributed by atoms with E-state index < -0.39 is 0 Å². The van der Waals surface area contributed by atoms with Crippen LogP contribution < -0.4 is 15.8 Å². The quantitative estimate of drug-likeness (QED) is 0.425. The van der Waals surface area contributed by atoms with Gasteiger partial charge in [-0.25, -0.2) is 4.98 Å². The van der Waals surface area contributed by atoms with Crippen LogP contribution in [-0.2, 0) is 6.54 Å². The van der Waals surface area contributed by atoms with Gasteiger partial charge >= 0.3 is 0 Å². The molecule has 1 saturated carbocycles.